The zero-order valence-corrected chi connectivity index (χ0v) is 14.8. The van der Waals surface area contributed by atoms with Gasteiger partial charge in [0.25, 0.3) is 0 Å². The van der Waals surface area contributed by atoms with Gasteiger partial charge in [-0.15, -0.1) is 0 Å². The second-order valence-corrected chi connectivity index (χ2v) is 7.00. The molecule has 2 aliphatic rings. The number of amides is 1. The summed E-state index contributed by atoms with van der Waals surface area (Å²) in [6.07, 6.45) is 1.77. The fraction of sp³-hybridized carbons (Fsp3) is 0.238. The zero-order valence-electron chi connectivity index (χ0n) is 14.0. The third-order valence-corrected chi connectivity index (χ3v) is 5.39. The number of allylic oxidation sites excluding steroid dienone is 2. The summed E-state index contributed by atoms with van der Waals surface area (Å²) in [5, 5.41) is 0.537. The van der Waals surface area contributed by atoms with Crippen molar-refractivity contribution in [2.75, 3.05) is 4.90 Å². The quantitative estimate of drug-likeness (QED) is 0.746. The van der Waals surface area contributed by atoms with Crippen molar-refractivity contribution in [3.8, 4) is 0 Å². The van der Waals surface area contributed by atoms with E-state index in [4.69, 9.17) is 11.6 Å². The number of benzene rings is 2. The SMILES string of the molecule is O=C1CCCC2=C1C(c1ccccc1Cl)CC(=O)N2c1ccccc1F. The van der Waals surface area contributed by atoms with Crippen LogP contribution in [0, 0.1) is 5.82 Å². The van der Waals surface area contributed by atoms with Crippen LogP contribution in [0.2, 0.25) is 5.02 Å². The van der Waals surface area contributed by atoms with Crippen molar-refractivity contribution < 1.29 is 14.0 Å². The zero-order chi connectivity index (χ0) is 18.3. The Kier molecular flexibility index (Phi) is 4.37. The number of carbonyl (C=O) groups is 2. The van der Waals surface area contributed by atoms with Gasteiger partial charge in [-0.3, -0.25) is 14.5 Å². The maximum Gasteiger partial charge on any atom is 0.232 e. The molecule has 0 aromatic heterocycles. The number of Topliss-reactive ketones (excluding diaryl/α,β-unsaturated/α-hetero) is 1. The summed E-state index contributed by atoms with van der Waals surface area (Å²) in [5.41, 5.74) is 2.20. The van der Waals surface area contributed by atoms with Crippen LogP contribution in [0.3, 0.4) is 0 Å². The Morgan fingerprint density at radius 3 is 2.50 bits per heavy atom. The molecule has 2 aromatic rings. The summed E-state index contributed by atoms with van der Waals surface area (Å²) in [4.78, 5) is 27.1. The van der Waals surface area contributed by atoms with E-state index in [9.17, 15) is 14.0 Å². The van der Waals surface area contributed by atoms with Crippen molar-refractivity contribution in [3.05, 3.63) is 76.2 Å². The molecule has 0 N–H and O–H groups in total. The Morgan fingerprint density at radius 1 is 1.00 bits per heavy atom. The number of halogens is 2. The molecule has 0 fully saturated rings. The van der Waals surface area contributed by atoms with Gasteiger partial charge in [0.1, 0.15) is 5.82 Å². The first-order valence-electron chi connectivity index (χ1n) is 8.66. The molecule has 1 aliphatic heterocycles. The lowest BCUT2D eigenvalue weighted by atomic mass is 9.77. The lowest BCUT2D eigenvalue weighted by Crippen LogP contribution is -2.41. The first-order valence-corrected chi connectivity index (χ1v) is 9.04. The van der Waals surface area contributed by atoms with Crippen LogP contribution in [-0.2, 0) is 9.59 Å². The number of hydrogen-bond donors (Lipinski definition) is 0. The predicted octanol–water partition coefficient (Wildman–Crippen LogP) is 5.01. The Hall–Kier alpha value is -2.46. The van der Waals surface area contributed by atoms with Crippen LogP contribution >= 0.6 is 11.6 Å². The summed E-state index contributed by atoms with van der Waals surface area (Å²) >= 11 is 6.34. The molecule has 2 aromatic carbocycles. The van der Waals surface area contributed by atoms with Gasteiger partial charge in [0.15, 0.2) is 5.78 Å². The van der Waals surface area contributed by atoms with Gasteiger partial charge in [0.05, 0.1) is 5.69 Å². The van der Waals surface area contributed by atoms with E-state index in [1.54, 1.807) is 24.3 Å². The Labute approximate surface area is 156 Å². The topological polar surface area (TPSA) is 37.4 Å². The molecule has 0 saturated heterocycles. The third-order valence-electron chi connectivity index (χ3n) is 5.05. The molecular weight excluding hydrogens is 353 g/mol. The Balaban J connectivity index is 1.91. The third kappa shape index (κ3) is 2.74. The molecule has 5 heteroatoms. The number of para-hydroxylation sites is 1. The summed E-state index contributed by atoms with van der Waals surface area (Å²) in [6.45, 7) is 0. The van der Waals surface area contributed by atoms with Gasteiger partial charge in [0, 0.05) is 35.1 Å². The predicted molar refractivity (Wildman–Crippen MR) is 98.6 cm³/mol. The van der Waals surface area contributed by atoms with Crippen LogP contribution in [0.4, 0.5) is 10.1 Å². The molecule has 1 unspecified atom stereocenters. The van der Waals surface area contributed by atoms with Gasteiger partial charge >= 0.3 is 0 Å². The number of nitrogens with zero attached hydrogens (tertiary/aromatic N) is 1. The highest BCUT2D eigenvalue weighted by Gasteiger charge is 2.40. The van der Waals surface area contributed by atoms with Gasteiger partial charge in [-0.25, -0.2) is 4.39 Å². The number of carbonyl (C=O) groups excluding carboxylic acids is 2. The molecular formula is C21H17ClFNO2. The number of hydrogen-bond acceptors (Lipinski definition) is 2. The van der Waals surface area contributed by atoms with Crippen molar-refractivity contribution in [2.45, 2.75) is 31.6 Å². The smallest absolute Gasteiger partial charge is 0.232 e. The van der Waals surface area contributed by atoms with Crippen LogP contribution in [0.15, 0.2) is 59.8 Å². The van der Waals surface area contributed by atoms with Crippen molar-refractivity contribution in [1.29, 1.82) is 0 Å². The highest BCUT2D eigenvalue weighted by atomic mass is 35.5. The number of rotatable bonds is 2. The average Bonchev–Trinajstić information content (AvgIpc) is 2.63. The van der Waals surface area contributed by atoms with Crippen LogP contribution in [0.5, 0.6) is 0 Å². The summed E-state index contributed by atoms with van der Waals surface area (Å²) in [7, 11) is 0. The second kappa shape index (κ2) is 6.69. The number of ketones is 1. The van der Waals surface area contributed by atoms with Crippen LogP contribution in [0.1, 0.15) is 37.2 Å². The molecule has 0 bridgehead atoms. The lowest BCUT2D eigenvalue weighted by molar-refractivity contribution is -0.120. The van der Waals surface area contributed by atoms with E-state index in [1.807, 2.05) is 18.2 Å². The van der Waals surface area contributed by atoms with Gasteiger partial charge in [0.2, 0.25) is 5.91 Å². The largest absolute Gasteiger partial charge is 0.294 e. The molecule has 0 radical (unpaired) electrons. The van der Waals surface area contributed by atoms with Crippen LogP contribution < -0.4 is 4.90 Å². The van der Waals surface area contributed by atoms with Gasteiger partial charge in [-0.1, -0.05) is 41.9 Å². The van der Waals surface area contributed by atoms with E-state index in [1.165, 1.54) is 11.0 Å². The minimum Gasteiger partial charge on any atom is -0.294 e. The lowest BCUT2D eigenvalue weighted by Gasteiger charge is -2.38. The summed E-state index contributed by atoms with van der Waals surface area (Å²) in [6, 6.07) is 13.5. The Bertz CT molecular complexity index is 937. The maximum absolute atomic E-state index is 14.4. The Morgan fingerprint density at radius 2 is 1.73 bits per heavy atom. The molecule has 1 atom stereocenters. The average molecular weight is 370 g/mol. The standard InChI is InChI=1S/C21H17ClFNO2/c22-15-7-2-1-6-13(15)14-12-20(26)24(17-9-4-3-8-16(17)23)18-10-5-11-19(25)21(14)18/h1-4,6-9,14H,5,10-12H2. The van der Waals surface area contributed by atoms with E-state index in [0.29, 0.717) is 35.6 Å². The van der Waals surface area contributed by atoms with Crippen molar-refractivity contribution >= 4 is 29.0 Å². The molecule has 1 heterocycles. The van der Waals surface area contributed by atoms with E-state index in [2.05, 4.69) is 0 Å². The van der Waals surface area contributed by atoms with Crippen molar-refractivity contribution in [1.82, 2.24) is 0 Å². The summed E-state index contributed by atoms with van der Waals surface area (Å²) < 4.78 is 14.4. The maximum atomic E-state index is 14.4. The first kappa shape index (κ1) is 17.0. The fourth-order valence-electron chi connectivity index (χ4n) is 3.93. The minimum atomic E-state index is -0.470. The van der Waals surface area contributed by atoms with E-state index < -0.39 is 5.82 Å². The van der Waals surface area contributed by atoms with E-state index >= 15 is 0 Å². The van der Waals surface area contributed by atoms with E-state index in [-0.39, 0.29) is 29.7 Å². The molecule has 4 rings (SSSR count). The van der Waals surface area contributed by atoms with Crippen LogP contribution in [0.25, 0.3) is 0 Å². The molecule has 132 valence electrons. The molecule has 0 saturated carbocycles. The number of anilines is 1. The summed E-state index contributed by atoms with van der Waals surface area (Å²) in [5.74, 6) is -1.04. The van der Waals surface area contributed by atoms with Gasteiger partial charge in [-0.05, 0) is 36.6 Å². The van der Waals surface area contributed by atoms with Crippen molar-refractivity contribution in [2.24, 2.45) is 0 Å². The molecule has 1 amide bonds. The highest BCUT2D eigenvalue weighted by molar-refractivity contribution is 6.31. The van der Waals surface area contributed by atoms with Gasteiger partial charge < -0.3 is 0 Å². The highest BCUT2D eigenvalue weighted by Crippen LogP contribution is 2.45. The second-order valence-electron chi connectivity index (χ2n) is 6.60. The first-order chi connectivity index (χ1) is 12.6. The minimum absolute atomic E-state index is 0.0185. The normalized spacial score (nSPS) is 20.4. The molecule has 3 nitrogen and oxygen atoms in total. The van der Waals surface area contributed by atoms with Crippen molar-refractivity contribution in [3.63, 3.8) is 0 Å². The fourth-order valence-corrected chi connectivity index (χ4v) is 4.20. The van der Waals surface area contributed by atoms with Gasteiger partial charge in [-0.2, -0.15) is 0 Å². The molecule has 0 spiro atoms. The molecule has 26 heavy (non-hydrogen) atoms. The van der Waals surface area contributed by atoms with Crippen LogP contribution in [-0.4, -0.2) is 11.7 Å². The molecule has 1 aliphatic carbocycles. The monoisotopic (exact) mass is 369 g/mol. The van der Waals surface area contributed by atoms with E-state index in [0.717, 1.165) is 5.56 Å².